The molecule has 0 bridgehead atoms. The van der Waals surface area contributed by atoms with Crippen LogP contribution in [0.2, 0.25) is 0 Å². The van der Waals surface area contributed by atoms with Crippen molar-refractivity contribution in [3.63, 3.8) is 0 Å². The van der Waals surface area contributed by atoms with Gasteiger partial charge in [0.15, 0.2) is 0 Å². The lowest BCUT2D eigenvalue weighted by Crippen LogP contribution is -1.68. The predicted molar refractivity (Wildman–Crippen MR) is 48.3 cm³/mol. The molecule has 1 nitrogen and oxygen atoms in total. The van der Waals surface area contributed by atoms with Gasteiger partial charge < -0.3 is 0 Å². The van der Waals surface area contributed by atoms with E-state index in [1.54, 1.807) is 11.5 Å². The molecule has 0 fully saturated rings. The zero-order chi connectivity index (χ0) is 7.40. The summed E-state index contributed by atoms with van der Waals surface area (Å²) in [7, 11) is 0. The molecule has 0 unspecified atom stereocenters. The molecule has 10 heavy (non-hydrogen) atoms. The van der Waals surface area contributed by atoms with E-state index in [2.05, 4.69) is 17.5 Å². The second-order valence-corrected chi connectivity index (χ2v) is 3.15. The van der Waals surface area contributed by atoms with Crippen LogP contribution in [0.3, 0.4) is 0 Å². The molecule has 0 aliphatic carbocycles. The molecule has 0 N–H and O–H groups in total. The average Bonchev–Trinajstić information content (AvgIpc) is 2.36. The number of thioether (sulfide) groups is 1. The third-order valence-corrected chi connectivity index (χ3v) is 2.46. The summed E-state index contributed by atoms with van der Waals surface area (Å²) in [6, 6.07) is 0. The van der Waals surface area contributed by atoms with Crippen LogP contribution < -0.4 is 0 Å². The molecule has 0 amide bonds. The molecule has 1 rings (SSSR count). The number of nitrogens with zero attached hydrogens (tertiary/aromatic N) is 1. The summed E-state index contributed by atoms with van der Waals surface area (Å²) in [5, 5.41) is 4.73. The van der Waals surface area contributed by atoms with Crippen molar-refractivity contribution in [3.05, 3.63) is 29.5 Å². The van der Waals surface area contributed by atoms with Gasteiger partial charge in [-0.15, -0.1) is 0 Å². The summed E-state index contributed by atoms with van der Waals surface area (Å²) in [6.07, 6.45) is 1.80. The van der Waals surface area contributed by atoms with E-state index in [1.807, 2.05) is 5.38 Å². The first-order valence-electron chi connectivity index (χ1n) is 2.73. The van der Waals surface area contributed by atoms with E-state index in [1.165, 1.54) is 23.3 Å². The van der Waals surface area contributed by atoms with Crippen LogP contribution in [0, 0.1) is 0 Å². The Balaban J connectivity index is 2.89. The van der Waals surface area contributed by atoms with Crippen LogP contribution in [-0.4, -0.2) is 4.37 Å². The Morgan fingerprint density at radius 3 is 3.00 bits per heavy atom. The molecule has 0 atom stereocenters. The number of hydrogen-bond acceptors (Lipinski definition) is 3. The van der Waals surface area contributed by atoms with E-state index in [0.717, 1.165) is 10.6 Å². The molecular formula is C7H7NS2. The molecule has 0 aliphatic rings. The van der Waals surface area contributed by atoms with Gasteiger partial charge in [0.2, 0.25) is 0 Å². The van der Waals surface area contributed by atoms with Gasteiger partial charge in [0.1, 0.15) is 5.03 Å². The van der Waals surface area contributed by atoms with Gasteiger partial charge in [0.05, 0.1) is 0 Å². The lowest BCUT2D eigenvalue weighted by atomic mass is 10.4. The summed E-state index contributed by atoms with van der Waals surface area (Å²) in [4.78, 5) is 0. The molecule has 1 aromatic rings. The Kier molecular flexibility index (Phi) is 2.71. The summed E-state index contributed by atoms with van der Waals surface area (Å²) in [5.74, 6) is 0. The van der Waals surface area contributed by atoms with E-state index in [-0.39, 0.29) is 0 Å². The monoisotopic (exact) mass is 169 g/mol. The smallest absolute Gasteiger partial charge is 0.121 e. The van der Waals surface area contributed by atoms with E-state index in [9.17, 15) is 0 Å². The van der Waals surface area contributed by atoms with Crippen molar-refractivity contribution >= 4 is 29.4 Å². The van der Waals surface area contributed by atoms with Gasteiger partial charge in [-0.2, -0.15) is 4.37 Å². The van der Waals surface area contributed by atoms with Crippen molar-refractivity contribution in [1.82, 2.24) is 4.37 Å². The fourth-order valence-electron chi connectivity index (χ4n) is 0.538. The summed E-state index contributed by atoms with van der Waals surface area (Å²) < 4.78 is 4.14. The minimum Gasteiger partial charge on any atom is -0.185 e. The van der Waals surface area contributed by atoms with Crippen LogP contribution in [0.25, 0.3) is 6.08 Å². The maximum absolute atomic E-state index is 4.14. The van der Waals surface area contributed by atoms with Crippen LogP contribution >= 0.6 is 23.3 Å². The second kappa shape index (κ2) is 3.58. The zero-order valence-electron chi connectivity index (χ0n) is 5.41. The highest BCUT2D eigenvalue weighted by molar-refractivity contribution is 8.02. The van der Waals surface area contributed by atoms with Crippen LogP contribution in [-0.2, 0) is 0 Å². The fourth-order valence-corrected chi connectivity index (χ4v) is 1.93. The first-order chi connectivity index (χ1) is 4.88. The van der Waals surface area contributed by atoms with Gasteiger partial charge in [0, 0.05) is 10.9 Å². The highest BCUT2D eigenvalue weighted by Gasteiger charge is 1.99. The maximum Gasteiger partial charge on any atom is 0.121 e. The average molecular weight is 169 g/mol. The molecular weight excluding hydrogens is 162 g/mol. The number of hydrogen-bond donors (Lipinski definition) is 0. The molecule has 0 aliphatic heterocycles. The van der Waals surface area contributed by atoms with E-state index in [0.29, 0.717) is 0 Å². The van der Waals surface area contributed by atoms with Crippen LogP contribution in [0.4, 0.5) is 0 Å². The highest BCUT2D eigenvalue weighted by Crippen LogP contribution is 2.23. The van der Waals surface area contributed by atoms with Crippen molar-refractivity contribution in [1.29, 1.82) is 0 Å². The van der Waals surface area contributed by atoms with Gasteiger partial charge in [0.25, 0.3) is 0 Å². The fraction of sp³-hybridized carbons (Fsp3) is 0. The zero-order valence-corrected chi connectivity index (χ0v) is 7.04. The Morgan fingerprint density at radius 1 is 1.60 bits per heavy atom. The third-order valence-electron chi connectivity index (χ3n) is 0.977. The van der Waals surface area contributed by atoms with Crippen molar-refractivity contribution in [2.24, 2.45) is 0 Å². The molecule has 0 spiro atoms. The largest absolute Gasteiger partial charge is 0.185 e. The molecule has 52 valence electrons. The molecule has 1 heterocycles. The van der Waals surface area contributed by atoms with Gasteiger partial charge in [-0.25, -0.2) is 0 Å². The van der Waals surface area contributed by atoms with Gasteiger partial charge in [-0.05, 0) is 16.9 Å². The topological polar surface area (TPSA) is 12.9 Å². The summed E-state index contributed by atoms with van der Waals surface area (Å²) in [5.41, 5.74) is 1.09. The molecule has 0 aromatic carbocycles. The van der Waals surface area contributed by atoms with Crippen LogP contribution in [0.5, 0.6) is 0 Å². The quantitative estimate of drug-likeness (QED) is 0.645. The summed E-state index contributed by atoms with van der Waals surface area (Å²) >= 11 is 2.97. The number of rotatable bonds is 3. The van der Waals surface area contributed by atoms with Gasteiger partial charge >= 0.3 is 0 Å². The van der Waals surface area contributed by atoms with Gasteiger partial charge in [-0.3, -0.25) is 0 Å². The minimum atomic E-state index is 0.995. The van der Waals surface area contributed by atoms with Crippen LogP contribution in [0.15, 0.2) is 29.0 Å². The standard InChI is InChI=1S/C7H7NS2/c1-3-6-5-10-8-7(6)9-4-2/h3-5H,1-2H2. The van der Waals surface area contributed by atoms with Crippen LogP contribution in [0.1, 0.15) is 5.56 Å². The first-order valence-corrected chi connectivity index (χ1v) is 4.44. The lowest BCUT2D eigenvalue weighted by Gasteiger charge is -1.88. The third kappa shape index (κ3) is 1.49. The minimum absolute atomic E-state index is 0.995. The predicted octanol–water partition coefficient (Wildman–Crippen LogP) is 3.02. The Bertz CT molecular complexity index is 240. The van der Waals surface area contributed by atoms with E-state index in [4.69, 9.17) is 0 Å². The Hall–Kier alpha value is -0.540. The molecule has 0 saturated carbocycles. The van der Waals surface area contributed by atoms with E-state index >= 15 is 0 Å². The summed E-state index contributed by atoms with van der Waals surface area (Å²) in [6.45, 7) is 7.27. The van der Waals surface area contributed by atoms with Crippen molar-refractivity contribution in [2.75, 3.05) is 0 Å². The second-order valence-electron chi connectivity index (χ2n) is 1.56. The molecule has 3 heteroatoms. The van der Waals surface area contributed by atoms with Crippen molar-refractivity contribution in [3.8, 4) is 0 Å². The normalized spacial score (nSPS) is 9.20. The first kappa shape index (κ1) is 7.57. The maximum atomic E-state index is 4.14. The lowest BCUT2D eigenvalue weighted by molar-refractivity contribution is 1.28. The highest BCUT2D eigenvalue weighted by atomic mass is 32.2. The Morgan fingerprint density at radius 2 is 2.40 bits per heavy atom. The molecule has 0 radical (unpaired) electrons. The molecule has 0 saturated heterocycles. The van der Waals surface area contributed by atoms with Gasteiger partial charge in [-0.1, -0.05) is 31.0 Å². The number of aromatic nitrogens is 1. The Labute approximate surface area is 68.6 Å². The van der Waals surface area contributed by atoms with E-state index < -0.39 is 0 Å². The van der Waals surface area contributed by atoms with Crippen molar-refractivity contribution < 1.29 is 0 Å². The van der Waals surface area contributed by atoms with Crippen molar-refractivity contribution in [2.45, 2.75) is 5.03 Å². The SMILES string of the molecule is C=CSc1nscc1C=C. The molecule has 1 aromatic heterocycles.